The molecule has 2 aromatic carbocycles. The average molecular weight is 306 g/mol. The number of nitrogens with zero attached hydrogens (tertiary/aromatic N) is 1. The molecule has 0 fully saturated rings. The second-order valence-corrected chi connectivity index (χ2v) is 5.01. The Morgan fingerprint density at radius 2 is 1.77 bits per heavy atom. The van der Waals surface area contributed by atoms with Gasteiger partial charge in [-0.05, 0) is 24.3 Å². The van der Waals surface area contributed by atoms with E-state index in [1.54, 1.807) is 24.3 Å². The Hall–Kier alpha value is -2.54. The summed E-state index contributed by atoms with van der Waals surface area (Å²) in [5.41, 5.74) is 12.7. The van der Waals surface area contributed by atoms with E-state index in [-0.39, 0.29) is 11.4 Å². The van der Waals surface area contributed by atoms with E-state index >= 15 is 0 Å². The Balaban J connectivity index is 2.08. The monoisotopic (exact) mass is 306 g/mol. The van der Waals surface area contributed by atoms with Crippen LogP contribution in [-0.2, 0) is 12.0 Å². The molecule has 7 heteroatoms. The molecule has 0 spiro atoms. The quantitative estimate of drug-likeness (QED) is 0.758. The van der Waals surface area contributed by atoms with Crippen LogP contribution in [0.4, 0.5) is 18.9 Å². The number of amidine groups is 1. The predicted octanol–water partition coefficient (Wildman–Crippen LogP) is 2.61. The molecule has 2 aromatic rings. The van der Waals surface area contributed by atoms with Gasteiger partial charge in [-0.1, -0.05) is 24.3 Å². The minimum absolute atomic E-state index is 0.175. The van der Waals surface area contributed by atoms with Gasteiger partial charge in [0.15, 0.2) is 0 Å². The van der Waals surface area contributed by atoms with Crippen LogP contribution in [-0.4, -0.2) is 5.84 Å². The predicted molar refractivity (Wildman–Crippen MR) is 78.1 cm³/mol. The zero-order valence-electron chi connectivity index (χ0n) is 11.4. The number of halogens is 3. The third-order valence-electron chi connectivity index (χ3n) is 3.46. The Labute approximate surface area is 124 Å². The first-order valence-corrected chi connectivity index (χ1v) is 6.49. The molecule has 0 amide bonds. The summed E-state index contributed by atoms with van der Waals surface area (Å²) < 4.78 is 38.6. The maximum Gasteiger partial charge on any atom is 0.416 e. The summed E-state index contributed by atoms with van der Waals surface area (Å²) in [7, 11) is 0. The Morgan fingerprint density at radius 1 is 1.05 bits per heavy atom. The topological polar surface area (TPSA) is 76.4 Å². The van der Waals surface area contributed by atoms with Gasteiger partial charge in [0.25, 0.3) is 0 Å². The average Bonchev–Trinajstić information content (AvgIpc) is 2.46. The number of anilines is 1. The Bertz CT molecular complexity index is 754. The second-order valence-electron chi connectivity index (χ2n) is 5.01. The van der Waals surface area contributed by atoms with Gasteiger partial charge in [0.05, 0.1) is 5.56 Å². The SMILES string of the molecule is NC1=NC(N)(c2cccc(C(F)(F)F)c2)Nc2ccccc21. The first-order valence-electron chi connectivity index (χ1n) is 6.49. The number of hydrogen-bond donors (Lipinski definition) is 3. The molecule has 1 aliphatic rings. The van der Waals surface area contributed by atoms with Gasteiger partial charge < -0.3 is 11.1 Å². The highest BCUT2D eigenvalue weighted by Crippen LogP contribution is 2.34. The molecular weight excluding hydrogens is 293 g/mol. The Kier molecular flexibility index (Phi) is 3.10. The maximum atomic E-state index is 12.9. The van der Waals surface area contributed by atoms with Crippen molar-refractivity contribution in [3.63, 3.8) is 0 Å². The van der Waals surface area contributed by atoms with Crippen molar-refractivity contribution in [3.8, 4) is 0 Å². The van der Waals surface area contributed by atoms with Crippen LogP contribution < -0.4 is 16.8 Å². The van der Waals surface area contributed by atoms with Gasteiger partial charge in [0, 0.05) is 16.8 Å². The van der Waals surface area contributed by atoms with Crippen LogP contribution >= 0.6 is 0 Å². The van der Waals surface area contributed by atoms with Crippen molar-refractivity contribution in [2.75, 3.05) is 5.32 Å². The molecule has 1 aliphatic heterocycles. The summed E-state index contributed by atoms with van der Waals surface area (Å²) in [4.78, 5) is 4.14. The number of nitrogens with one attached hydrogen (secondary N) is 1. The van der Waals surface area contributed by atoms with Crippen molar-refractivity contribution in [3.05, 3.63) is 65.2 Å². The van der Waals surface area contributed by atoms with Crippen LogP contribution in [0, 0.1) is 0 Å². The summed E-state index contributed by atoms with van der Waals surface area (Å²) in [6.45, 7) is 0. The van der Waals surface area contributed by atoms with E-state index in [2.05, 4.69) is 10.3 Å². The van der Waals surface area contributed by atoms with Crippen molar-refractivity contribution in [1.29, 1.82) is 0 Å². The molecule has 0 saturated heterocycles. The number of benzene rings is 2. The molecule has 0 aromatic heterocycles. The summed E-state index contributed by atoms with van der Waals surface area (Å²) in [5, 5.41) is 2.94. The molecular formula is C15H13F3N4. The number of fused-ring (bicyclic) bond motifs is 1. The molecule has 0 saturated carbocycles. The lowest BCUT2D eigenvalue weighted by Crippen LogP contribution is -2.47. The van der Waals surface area contributed by atoms with Crippen molar-refractivity contribution >= 4 is 11.5 Å². The van der Waals surface area contributed by atoms with Gasteiger partial charge >= 0.3 is 6.18 Å². The van der Waals surface area contributed by atoms with Crippen LogP contribution in [0.25, 0.3) is 0 Å². The van der Waals surface area contributed by atoms with Crippen LogP contribution in [0.2, 0.25) is 0 Å². The van der Waals surface area contributed by atoms with Crippen LogP contribution in [0.3, 0.4) is 0 Å². The van der Waals surface area contributed by atoms with Crippen molar-refractivity contribution < 1.29 is 13.2 Å². The zero-order valence-corrected chi connectivity index (χ0v) is 11.4. The molecule has 0 aliphatic carbocycles. The maximum absolute atomic E-state index is 12.9. The zero-order chi connectivity index (χ0) is 16.0. The first kappa shape index (κ1) is 14.4. The fourth-order valence-electron chi connectivity index (χ4n) is 2.37. The molecule has 3 rings (SSSR count). The number of aliphatic imine (C=N–C) groups is 1. The molecule has 5 N–H and O–H groups in total. The molecule has 22 heavy (non-hydrogen) atoms. The summed E-state index contributed by atoms with van der Waals surface area (Å²) in [6.07, 6.45) is -4.45. The largest absolute Gasteiger partial charge is 0.416 e. The lowest BCUT2D eigenvalue weighted by atomic mass is 10.0. The Morgan fingerprint density at radius 3 is 2.50 bits per heavy atom. The van der Waals surface area contributed by atoms with E-state index in [4.69, 9.17) is 11.5 Å². The lowest BCUT2D eigenvalue weighted by Gasteiger charge is -2.33. The van der Waals surface area contributed by atoms with E-state index in [9.17, 15) is 13.2 Å². The highest BCUT2D eigenvalue weighted by atomic mass is 19.4. The van der Waals surface area contributed by atoms with E-state index in [0.29, 0.717) is 11.3 Å². The van der Waals surface area contributed by atoms with E-state index in [1.165, 1.54) is 12.1 Å². The highest BCUT2D eigenvalue weighted by Gasteiger charge is 2.35. The smallest absolute Gasteiger partial charge is 0.383 e. The van der Waals surface area contributed by atoms with Gasteiger partial charge in [-0.15, -0.1) is 0 Å². The molecule has 1 heterocycles. The number of hydrogen-bond acceptors (Lipinski definition) is 4. The molecule has 1 atom stereocenters. The normalized spacial score (nSPS) is 20.8. The summed E-state index contributed by atoms with van der Waals surface area (Å²) >= 11 is 0. The lowest BCUT2D eigenvalue weighted by molar-refractivity contribution is -0.137. The minimum atomic E-state index is -4.45. The number of nitrogens with two attached hydrogens (primary N) is 2. The van der Waals surface area contributed by atoms with Gasteiger partial charge in [-0.3, -0.25) is 5.73 Å². The van der Waals surface area contributed by atoms with Gasteiger partial charge in [-0.2, -0.15) is 13.2 Å². The molecule has 4 nitrogen and oxygen atoms in total. The number of alkyl halides is 3. The van der Waals surface area contributed by atoms with Crippen molar-refractivity contribution in [1.82, 2.24) is 0 Å². The third-order valence-corrected chi connectivity index (χ3v) is 3.46. The fraction of sp³-hybridized carbons (Fsp3) is 0.133. The van der Waals surface area contributed by atoms with Crippen molar-refractivity contribution in [2.45, 2.75) is 12.0 Å². The van der Waals surface area contributed by atoms with Crippen LogP contribution in [0.1, 0.15) is 16.7 Å². The fourth-order valence-corrected chi connectivity index (χ4v) is 2.37. The first-order chi connectivity index (χ1) is 10.3. The van der Waals surface area contributed by atoms with Crippen LogP contribution in [0.15, 0.2) is 53.5 Å². The van der Waals surface area contributed by atoms with Gasteiger partial charge in [0.2, 0.25) is 5.79 Å². The summed E-state index contributed by atoms with van der Waals surface area (Å²) in [6, 6.07) is 11.8. The second kappa shape index (κ2) is 4.74. The van der Waals surface area contributed by atoms with Gasteiger partial charge in [0.1, 0.15) is 5.84 Å². The molecule has 1 unspecified atom stereocenters. The number of para-hydroxylation sites is 1. The van der Waals surface area contributed by atoms with Gasteiger partial charge in [-0.25, -0.2) is 4.99 Å². The molecule has 114 valence electrons. The number of rotatable bonds is 1. The van der Waals surface area contributed by atoms with E-state index in [0.717, 1.165) is 12.1 Å². The highest BCUT2D eigenvalue weighted by molar-refractivity contribution is 6.04. The molecule has 0 bridgehead atoms. The van der Waals surface area contributed by atoms with Crippen LogP contribution in [0.5, 0.6) is 0 Å². The minimum Gasteiger partial charge on any atom is -0.383 e. The standard InChI is InChI=1S/C15H13F3N4/c16-14(17,18)9-4-3-5-10(8-9)15(20)21-12-7-2-1-6-11(12)13(19)22-15/h1-8,21H,20H2,(H2,19,22). The van der Waals surface area contributed by atoms with E-state index < -0.39 is 17.5 Å². The molecule has 0 radical (unpaired) electrons. The summed E-state index contributed by atoms with van der Waals surface area (Å²) in [5.74, 6) is -1.37. The third kappa shape index (κ3) is 2.39. The van der Waals surface area contributed by atoms with E-state index in [1.807, 2.05) is 0 Å². The van der Waals surface area contributed by atoms with Crippen molar-refractivity contribution in [2.24, 2.45) is 16.5 Å².